The maximum Gasteiger partial charge on any atom is 0.317 e. The van der Waals surface area contributed by atoms with Crippen molar-refractivity contribution in [2.45, 2.75) is 13.0 Å². The lowest BCUT2D eigenvalue weighted by Crippen LogP contribution is -2.45. The number of urea groups is 1. The number of thioether (sulfide) groups is 1. The number of rotatable bonds is 2. The molecule has 0 radical (unpaired) electrons. The van der Waals surface area contributed by atoms with Gasteiger partial charge in [0.1, 0.15) is 0 Å². The van der Waals surface area contributed by atoms with E-state index in [0.29, 0.717) is 0 Å². The second-order valence-electron chi connectivity index (χ2n) is 5.09. The summed E-state index contributed by atoms with van der Waals surface area (Å²) in [6.45, 7) is 3.73. The lowest BCUT2D eigenvalue weighted by Gasteiger charge is -2.28. The van der Waals surface area contributed by atoms with Crippen molar-refractivity contribution in [2.24, 2.45) is 0 Å². The van der Waals surface area contributed by atoms with E-state index in [4.69, 9.17) is 0 Å². The third-order valence-corrected chi connectivity index (χ3v) is 4.66. The van der Waals surface area contributed by atoms with Crippen LogP contribution in [0.25, 0.3) is 10.9 Å². The summed E-state index contributed by atoms with van der Waals surface area (Å²) < 4.78 is 0. The predicted molar refractivity (Wildman–Crippen MR) is 84.1 cm³/mol. The number of carbonyl (C=O) groups is 1. The summed E-state index contributed by atoms with van der Waals surface area (Å²) in [6, 6.07) is 8.38. The van der Waals surface area contributed by atoms with Crippen LogP contribution in [0.5, 0.6) is 0 Å². The summed E-state index contributed by atoms with van der Waals surface area (Å²) >= 11 is 1.91. The molecule has 1 saturated heterocycles. The van der Waals surface area contributed by atoms with Gasteiger partial charge in [-0.25, -0.2) is 4.79 Å². The Balaban J connectivity index is 1.68. The molecule has 4 nitrogen and oxygen atoms in total. The van der Waals surface area contributed by atoms with Crippen LogP contribution in [0.15, 0.2) is 30.5 Å². The summed E-state index contributed by atoms with van der Waals surface area (Å²) in [7, 11) is 0. The Morgan fingerprint density at radius 2 is 2.15 bits per heavy atom. The molecule has 0 spiro atoms. The number of aromatic amines is 1. The van der Waals surface area contributed by atoms with Gasteiger partial charge in [0.25, 0.3) is 0 Å². The van der Waals surface area contributed by atoms with Gasteiger partial charge in [-0.15, -0.1) is 0 Å². The van der Waals surface area contributed by atoms with E-state index in [0.717, 1.165) is 35.7 Å². The quantitative estimate of drug-likeness (QED) is 0.893. The maximum atomic E-state index is 12.2. The van der Waals surface area contributed by atoms with Crippen molar-refractivity contribution < 1.29 is 4.79 Å². The van der Waals surface area contributed by atoms with Gasteiger partial charge >= 0.3 is 6.03 Å². The molecular formula is C15H19N3OS. The molecule has 1 aromatic carbocycles. The number of carbonyl (C=O) groups excluding carboxylic acids is 1. The number of hydrogen-bond donors (Lipinski definition) is 2. The first-order valence-corrected chi connectivity index (χ1v) is 8.10. The van der Waals surface area contributed by atoms with E-state index in [-0.39, 0.29) is 12.1 Å². The van der Waals surface area contributed by atoms with E-state index in [1.54, 1.807) is 0 Å². The van der Waals surface area contributed by atoms with Crippen LogP contribution in [-0.2, 0) is 0 Å². The molecule has 20 heavy (non-hydrogen) atoms. The van der Waals surface area contributed by atoms with Crippen molar-refractivity contribution in [1.29, 1.82) is 0 Å². The zero-order chi connectivity index (χ0) is 13.9. The van der Waals surface area contributed by atoms with E-state index in [1.807, 2.05) is 29.8 Å². The minimum atomic E-state index is 0.0244. The number of amides is 2. The number of fused-ring (bicyclic) bond motifs is 1. The van der Waals surface area contributed by atoms with Crippen molar-refractivity contribution >= 4 is 28.7 Å². The van der Waals surface area contributed by atoms with Crippen LogP contribution in [0.2, 0.25) is 0 Å². The molecule has 0 aliphatic carbocycles. The summed E-state index contributed by atoms with van der Waals surface area (Å²) in [6.07, 6.45) is 1.93. The van der Waals surface area contributed by atoms with E-state index in [9.17, 15) is 4.79 Å². The summed E-state index contributed by atoms with van der Waals surface area (Å²) in [4.78, 5) is 17.3. The standard InChI is InChI=1S/C15H19N3OS/c1-11(17-15(19)18-6-8-20-9-7-18)12-2-3-14-13(10-12)4-5-16-14/h2-5,10-11,16H,6-9H2,1H3,(H,17,19). The van der Waals surface area contributed by atoms with Crippen molar-refractivity contribution in [3.63, 3.8) is 0 Å². The summed E-state index contributed by atoms with van der Waals surface area (Å²) in [5.74, 6) is 2.08. The number of H-pyrrole nitrogens is 1. The molecule has 1 aliphatic heterocycles. The molecule has 1 unspecified atom stereocenters. The summed E-state index contributed by atoms with van der Waals surface area (Å²) in [5, 5.41) is 4.27. The second kappa shape index (κ2) is 5.79. The highest BCUT2D eigenvalue weighted by atomic mass is 32.2. The molecule has 5 heteroatoms. The molecule has 106 valence electrons. The molecule has 2 aromatic rings. The topological polar surface area (TPSA) is 48.1 Å². The molecule has 2 N–H and O–H groups in total. The van der Waals surface area contributed by atoms with Crippen LogP contribution in [0.1, 0.15) is 18.5 Å². The van der Waals surface area contributed by atoms with Gasteiger partial charge in [0.15, 0.2) is 0 Å². The van der Waals surface area contributed by atoms with Crippen LogP contribution in [0.3, 0.4) is 0 Å². The molecule has 1 aromatic heterocycles. The molecule has 1 fully saturated rings. The minimum Gasteiger partial charge on any atom is -0.361 e. The average molecular weight is 289 g/mol. The molecule has 1 atom stereocenters. The lowest BCUT2D eigenvalue weighted by atomic mass is 10.1. The number of hydrogen-bond acceptors (Lipinski definition) is 2. The van der Waals surface area contributed by atoms with Crippen LogP contribution in [0.4, 0.5) is 4.79 Å². The Labute approximate surface area is 122 Å². The van der Waals surface area contributed by atoms with Crippen molar-refractivity contribution in [2.75, 3.05) is 24.6 Å². The SMILES string of the molecule is CC(NC(=O)N1CCSCC1)c1ccc2[nH]ccc2c1. The van der Waals surface area contributed by atoms with Gasteiger partial charge in [0.2, 0.25) is 0 Å². The van der Waals surface area contributed by atoms with Crippen molar-refractivity contribution in [3.05, 3.63) is 36.0 Å². The molecule has 0 saturated carbocycles. The predicted octanol–water partition coefficient (Wildman–Crippen LogP) is 2.99. The van der Waals surface area contributed by atoms with Gasteiger partial charge in [-0.2, -0.15) is 11.8 Å². The number of aromatic nitrogens is 1. The van der Waals surface area contributed by atoms with Crippen LogP contribution in [0, 0.1) is 0 Å². The fourth-order valence-electron chi connectivity index (χ4n) is 2.47. The zero-order valence-electron chi connectivity index (χ0n) is 11.6. The van der Waals surface area contributed by atoms with Crippen LogP contribution in [-0.4, -0.2) is 40.5 Å². The minimum absolute atomic E-state index is 0.0244. The third kappa shape index (κ3) is 2.77. The van der Waals surface area contributed by atoms with E-state index >= 15 is 0 Å². The van der Waals surface area contributed by atoms with Gasteiger partial charge in [-0.05, 0) is 36.1 Å². The molecule has 2 heterocycles. The van der Waals surface area contributed by atoms with Gasteiger partial charge in [0.05, 0.1) is 6.04 Å². The molecule has 3 rings (SSSR count). The first kappa shape index (κ1) is 13.4. The average Bonchev–Trinajstić information content (AvgIpc) is 2.95. The second-order valence-corrected chi connectivity index (χ2v) is 6.32. The Kier molecular flexibility index (Phi) is 3.87. The van der Waals surface area contributed by atoms with Gasteiger partial charge < -0.3 is 15.2 Å². The fraction of sp³-hybridized carbons (Fsp3) is 0.400. The Morgan fingerprint density at radius 1 is 1.35 bits per heavy atom. The highest BCUT2D eigenvalue weighted by Crippen LogP contribution is 2.20. The van der Waals surface area contributed by atoms with E-state index in [2.05, 4.69) is 34.6 Å². The maximum absolute atomic E-state index is 12.2. The molecule has 0 bridgehead atoms. The van der Waals surface area contributed by atoms with Gasteiger partial charge in [-0.3, -0.25) is 0 Å². The highest BCUT2D eigenvalue weighted by molar-refractivity contribution is 7.99. The first-order valence-electron chi connectivity index (χ1n) is 6.94. The largest absolute Gasteiger partial charge is 0.361 e. The number of nitrogens with one attached hydrogen (secondary N) is 2. The van der Waals surface area contributed by atoms with Crippen LogP contribution < -0.4 is 5.32 Å². The first-order chi connectivity index (χ1) is 9.74. The Bertz CT molecular complexity index is 604. The molecular weight excluding hydrogens is 270 g/mol. The van der Waals surface area contributed by atoms with Gasteiger partial charge in [0, 0.05) is 36.3 Å². The Morgan fingerprint density at radius 3 is 2.95 bits per heavy atom. The molecule has 1 aliphatic rings. The van der Waals surface area contributed by atoms with Crippen molar-refractivity contribution in [3.8, 4) is 0 Å². The van der Waals surface area contributed by atoms with E-state index < -0.39 is 0 Å². The third-order valence-electron chi connectivity index (χ3n) is 3.72. The smallest absolute Gasteiger partial charge is 0.317 e. The van der Waals surface area contributed by atoms with Crippen molar-refractivity contribution in [1.82, 2.24) is 15.2 Å². The van der Waals surface area contributed by atoms with Crippen LogP contribution >= 0.6 is 11.8 Å². The summed E-state index contributed by atoms with van der Waals surface area (Å²) in [5.41, 5.74) is 2.26. The number of benzene rings is 1. The molecule has 2 amide bonds. The lowest BCUT2D eigenvalue weighted by molar-refractivity contribution is 0.200. The highest BCUT2D eigenvalue weighted by Gasteiger charge is 2.18. The Hall–Kier alpha value is -1.62. The van der Waals surface area contributed by atoms with Gasteiger partial charge in [-0.1, -0.05) is 6.07 Å². The number of nitrogens with zero attached hydrogens (tertiary/aromatic N) is 1. The monoisotopic (exact) mass is 289 g/mol. The zero-order valence-corrected chi connectivity index (χ0v) is 12.4. The normalized spacial score (nSPS) is 17.1. The fourth-order valence-corrected chi connectivity index (χ4v) is 3.37. The van der Waals surface area contributed by atoms with E-state index in [1.165, 1.54) is 5.39 Å².